The van der Waals surface area contributed by atoms with Gasteiger partial charge in [-0.3, -0.25) is 0 Å². The maximum atomic E-state index is 12.5. The van der Waals surface area contributed by atoms with Crippen LogP contribution in [0.2, 0.25) is 0 Å². The van der Waals surface area contributed by atoms with Crippen LogP contribution in [0.3, 0.4) is 0 Å². The number of hydrogen-bond donors (Lipinski definition) is 2. The van der Waals surface area contributed by atoms with Gasteiger partial charge in [-0.1, -0.05) is 48.0 Å². The second-order valence-electron chi connectivity index (χ2n) is 5.04. The predicted molar refractivity (Wildman–Crippen MR) is 82.5 cm³/mol. The van der Waals surface area contributed by atoms with Crippen LogP contribution in [0.1, 0.15) is 22.7 Å². The summed E-state index contributed by atoms with van der Waals surface area (Å²) in [5, 5.41) is 9.48. The molecule has 0 saturated heterocycles. The molecule has 0 amide bonds. The minimum absolute atomic E-state index is 0.238. The first kappa shape index (κ1) is 15.7. The van der Waals surface area contributed by atoms with Gasteiger partial charge in [0.2, 0.25) is 10.0 Å². The quantitative estimate of drug-likeness (QED) is 0.891. The van der Waals surface area contributed by atoms with Gasteiger partial charge in [0.15, 0.2) is 0 Å². The third-order valence-corrected chi connectivity index (χ3v) is 4.93. The lowest BCUT2D eigenvalue weighted by Crippen LogP contribution is -2.31. The summed E-state index contributed by atoms with van der Waals surface area (Å²) < 4.78 is 27.5. The van der Waals surface area contributed by atoms with Crippen molar-refractivity contribution >= 4 is 10.0 Å². The molecule has 4 nitrogen and oxygen atoms in total. The summed E-state index contributed by atoms with van der Waals surface area (Å²) in [6, 6.07) is 13.5. The van der Waals surface area contributed by atoms with Crippen LogP contribution < -0.4 is 4.72 Å². The zero-order chi connectivity index (χ0) is 15.5. The lowest BCUT2D eigenvalue weighted by atomic mass is 10.1. The normalized spacial score (nSPS) is 13.1. The Morgan fingerprint density at radius 1 is 1.10 bits per heavy atom. The maximum Gasteiger partial charge on any atom is 0.241 e. The molecule has 21 heavy (non-hydrogen) atoms. The first-order chi connectivity index (χ1) is 9.94. The van der Waals surface area contributed by atoms with E-state index >= 15 is 0 Å². The Labute approximate surface area is 125 Å². The molecule has 2 aromatic rings. The Kier molecular flexibility index (Phi) is 4.77. The van der Waals surface area contributed by atoms with Gasteiger partial charge in [-0.2, -0.15) is 0 Å². The molecule has 0 aromatic heterocycles. The summed E-state index contributed by atoms with van der Waals surface area (Å²) >= 11 is 0. The molecule has 0 spiro atoms. The van der Waals surface area contributed by atoms with Crippen molar-refractivity contribution in [3.8, 4) is 0 Å². The molecule has 0 fully saturated rings. The van der Waals surface area contributed by atoms with Gasteiger partial charge in [-0.05, 0) is 31.0 Å². The van der Waals surface area contributed by atoms with Crippen molar-refractivity contribution in [3.63, 3.8) is 0 Å². The predicted octanol–water partition coefficient (Wildman–Crippen LogP) is 2.32. The Morgan fingerprint density at radius 2 is 1.76 bits per heavy atom. The van der Waals surface area contributed by atoms with Crippen LogP contribution in [0.4, 0.5) is 0 Å². The zero-order valence-electron chi connectivity index (χ0n) is 12.1. The molecule has 112 valence electrons. The van der Waals surface area contributed by atoms with Crippen molar-refractivity contribution in [1.29, 1.82) is 0 Å². The van der Waals surface area contributed by atoms with E-state index in [-0.39, 0.29) is 11.5 Å². The standard InChI is InChI=1S/C16H19NO3S/c1-12-8-9-16(13(2)10-12)21(19,20)17-15(11-18)14-6-4-3-5-7-14/h3-10,15,17-18H,11H2,1-2H3/t15-/m1/s1. The van der Waals surface area contributed by atoms with Crippen LogP contribution in [0, 0.1) is 13.8 Å². The van der Waals surface area contributed by atoms with Gasteiger partial charge in [0.25, 0.3) is 0 Å². The molecule has 2 rings (SSSR count). The molecule has 0 saturated carbocycles. The smallest absolute Gasteiger partial charge is 0.241 e. The van der Waals surface area contributed by atoms with E-state index < -0.39 is 16.1 Å². The first-order valence-electron chi connectivity index (χ1n) is 6.69. The highest BCUT2D eigenvalue weighted by Gasteiger charge is 2.22. The highest BCUT2D eigenvalue weighted by atomic mass is 32.2. The van der Waals surface area contributed by atoms with Gasteiger partial charge >= 0.3 is 0 Å². The van der Waals surface area contributed by atoms with E-state index in [1.165, 1.54) is 0 Å². The third-order valence-electron chi connectivity index (χ3n) is 3.30. The summed E-state index contributed by atoms with van der Waals surface area (Å²) in [6.45, 7) is 3.38. The zero-order valence-corrected chi connectivity index (χ0v) is 12.9. The number of hydrogen-bond acceptors (Lipinski definition) is 3. The van der Waals surface area contributed by atoms with Crippen molar-refractivity contribution in [2.24, 2.45) is 0 Å². The van der Waals surface area contributed by atoms with E-state index in [0.717, 1.165) is 11.1 Å². The van der Waals surface area contributed by atoms with Gasteiger partial charge < -0.3 is 5.11 Å². The molecule has 0 aliphatic carbocycles. The van der Waals surface area contributed by atoms with E-state index in [2.05, 4.69) is 4.72 Å². The van der Waals surface area contributed by atoms with Gasteiger partial charge in [-0.15, -0.1) is 0 Å². The SMILES string of the molecule is Cc1ccc(S(=O)(=O)N[C@H](CO)c2ccccc2)c(C)c1. The van der Waals surface area contributed by atoms with Crippen LogP contribution in [-0.4, -0.2) is 20.1 Å². The molecule has 0 bridgehead atoms. The topological polar surface area (TPSA) is 66.4 Å². The number of benzene rings is 2. The van der Waals surface area contributed by atoms with E-state index in [1.54, 1.807) is 31.2 Å². The van der Waals surface area contributed by atoms with E-state index in [1.807, 2.05) is 31.2 Å². The average molecular weight is 305 g/mol. The number of aryl methyl sites for hydroxylation is 2. The van der Waals surface area contributed by atoms with E-state index in [9.17, 15) is 13.5 Å². The molecule has 0 radical (unpaired) electrons. The third kappa shape index (κ3) is 3.69. The molecule has 0 unspecified atom stereocenters. The second-order valence-corrected chi connectivity index (χ2v) is 6.72. The van der Waals surface area contributed by atoms with Crippen molar-refractivity contribution < 1.29 is 13.5 Å². The lowest BCUT2D eigenvalue weighted by molar-refractivity contribution is 0.259. The Balaban J connectivity index is 2.32. The van der Waals surface area contributed by atoms with Crippen molar-refractivity contribution in [2.75, 3.05) is 6.61 Å². The average Bonchev–Trinajstić information content (AvgIpc) is 2.45. The molecular weight excluding hydrogens is 286 g/mol. The first-order valence-corrected chi connectivity index (χ1v) is 8.18. The molecule has 2 aromatic carbocycles. The molecule has 0 aliphatic rings. The summed E-state index contributed by atoms with van der Waals surface area (Å²) in [5.41, 5.74) is 2.42. The largest absolute Gasteiger partial charge is 0.394 e. The van der Waals surface area contributed by atoms with Crippen LogP contribution >= 0.6 is 0 Å². The number of aliphatic hydroxyl groups is 1. The highest BCUT2D eigenvalue weighted by molar-refractivity contribution is 7.89. The van der Waals surface area contributed by atoms with Gasteiger partial charge in [0.1, 0.15) is 0 Å². The van der Waals surface area contributed by atoms with Crippen molar-refractivity contribution in [1.82, 2.24) is 4.72 Å². The molecule has 0 aliphatic heterocycles. The number of sulfonamides is 1. The van der Waals surface area contributed by atoms with Crippen molar-refractivity contribution in [2.45, 2.75) is 24.8 Å². The molecule has 0 heterocycles. The van der Waals surface area contributed by atoms with Crippen LogP contribution in [0.15, 0.2) is 53.4 Å². The number of nitrogens with one attached hydrogen (secondary N) is 1. The second kappa shape index (κ2) is 6.39. The molecular formula is C16H19NO3S. The summed E-state index contributed by atoms with van der Waals surface area (Å²) in [6.07, 6.45) is 0. The van der Waals surface area contributed by atoms with Crippen LogP contribution in [-0.2, 0) is 10.0 Å². The summed E-state index contributed by atoms with van der Waals surface area (Å²) in [4.78, 5) is 0.238. The fourth-order valence-electron chi connectivity index (χ4n) is 2.25. The fourth-order valence-corrected chi connectivity index (χ4v) is 3.69. The summed E-state index contributed by atoms with van der Waals surface area (Å²) in [7, 11) is -3.68. The van der Waals surface area contributed by atoms with Crippen LogP contribution in [0.25, 0.3) is 0 Å². The Morgan fingerprint density at radius 3 is 2.33 bits per heavy atom. The van der Waals surface area contributed by atoms with Gasteiger partial charge in [0.05, 0.1) is 17.5 Å². The highest BCUT2D eigenvalue weighted by Crippen LogP contribution is 2.20. The summed E-state index contributed by atoms with van der Waals surface area (Å²) in [5.74, 6) is 0. The van der Waals surface area contributed by atoms with Crippen LogP contribution in [0.5, 0.6) is 0 Å². The van der Waals surface area contributed by atoms with Crippen molar-refractivity contribution in [3.05, 3.63) is 65.2 Å². The minimum atomic E-state index is -3.68. The number of aliphatic hydroxyl groups excluding tert-OH is 1. The molecule has 5 heteroatoms. The van der Waals surface area contributed by atoms with Gasteiger partial charge in [0, 0.05) is 0 Å². The lowest BCUT2D eigenvalue weighted by Gasteiger charge is -2.18. The molecule has 2 N–H and O–H groups in total. The molecule has 1 atom stereocenters. The van der Waals surface area contributed by atoms with E-state index in [0.29, 0.717) is 5.56 Å². The van der Waals surface area contributed by atoms with E-state index in [4.69, 9.17) is 0 Å². The maximum absolute atomic E-state index is 12.5. The Hall–Kier alpha value is -1.69. The number of rotatable bonds is 5. The minimum Gasteiger partial charge on any atom is -0.394 e. The van der Waals surface area contributed by atoms with Gasteiger partial charge in [-0.25, -0.2) is 13.1 Å². The monoisotopic (exact) mass is 305 g/mol. The fraction of sp³-hybridized carbons (Fsp3) is 0.250. The Bertz CT molecular complexity index is 712.